The highest BCUT2D eigenvalue weighted by Gasteiger charge is 2.23. The standard InChI is InChI=1S/C18H26ClN3O2S/c1-3-21(4-2)17(23)13-20-9-11-22(12-10-20)18(24)14-25-16-8-6-5-7-15(16)19/h5-8H,3-4,9-14H2,1-2H3. The zero-order chi connectivity index (χ0) is 18.2. The average molecular weight is 384 g/mol. The van der Waals surface area contributed by atoms with Crippen molar-refractivity contribution in [2.24, 2.45) is 0 Å². The molecule has 0 N–H and O–H groups in total. The molecule has 0 aliphatic carbocycles. The Morgan fingerprint density at radius 1 is 1.12 bits per heavy atom. The summed E-state index contributed by atoms with van der Waals surface area (Å²) in [7, 11) is 0. The molecule has 0 bridgehead atoms. The molecule has 2 amide bonds. The van der Waals surface area contributed by atoms with Gasteiger partial charge in [-0.25, -0.2) is 0 Å². The van der Waals surface area contributed by atoms with Gasteiger partial charge in [-0.15, -0.1) is 11.8 Å². The minimum atomic E-state index is 0.125. The van der Waals surface area contributed by atoms with Crippen molar-refractivity contribution in [1.82, 2.24) is 14.7 Å². The van der Waals surface area contributed by atoms with Gasteiger partial charge in [-0.05, 0) is 26.0 Å². The summed E-state index contributed by atoms with van der Waals surface area (Å²) < 4.78 is 0. The molecule has 1 aliphatic rings. The van der Waals surface area contributed by atoms with E-state index in [-0.39, 0.29) is 11.8 Å². The van der Waals surface area contributed by atoms with E-state index >= 15 is 0 Å². The van der Waals surface area contributed by atoms with Gasteiger partial charge in [0.15, 0.2) is 0 Å². The number of benzene rings is 1. The fourth-order valence-electron chi connectivity index (χ4n) is 2.82. The fourth-order valence-corrected chi connectivity index (χ4v) is 3.96. The van der Waals surface area contributed by atoms with Crippen LogP contribution in [-0.4, -0.2) is 78.1 Å². The molecule has 0 spiro atoms. The average Bonchev–Trinajstić information content (AvgIpc) is 2.62. The summed E-state index contributed by atoms with van der Waals surface area (Å²) in [4.78, 5) is 31.3. The highest BCUT2D eigenvalue weighted by molar-refractivity contribution is 8.00. The zero-order valence-electron chi connectivity index (χ0n) is 14.9. The Labute approximate surface area is 159 Å². The van der Waals surface area contributed by atoms with Gasteiger partial charge < -0.3 is 9.80 Å². The van der Waals surface area contributed by atoms with E-state index in [9.17, 15) is 9.59 Å². The van der Waals surface area contributed by atoms with E-state index < -0.39 is 0 Å². The topological polar surface area (TPSA) is 43.9 Å². The SMILES string of the molecule is CCN(CC)C(=O)CN1CCN(C(=O)CSc2ccccc2Cl)CC1. The van der Waals surface area contributed by atoms with E-state index in [0.717, 1.165) is 31.1 Å². The van der Waals surface area contributed by atoms with E-state index in [0.29, 0.717) is 30.4 Å². The number of hydrogen-bond acceptors (Lipinski definition) is 4. The number of halogens is 1. The van der Waals surface area contributed by atoms with Crippen molar-refractivity contribution in [3.05, 3.63) is 29.3 Å². The predicted octanol–water partition coefficient (Wildman–Crippen LogP) is 2.44. The monoisotopic (exact) mass is 383 g/mol. The van der Waals surface area contributed by atoms with Crippen LogP contribution in [0.5, 0.6) is 0 Å². The van der Waals surface area contributed by atoms with E-state index in [1.165, 1.54) is 11.8 Å². The molecule has 1 saturated heterocycles. The first-order valence-corrected chi connectivity index (χ1v) is 10.1. The molecule has 1 heterocycles. The summed E-state index contributed by atoms with van der Waals surface area (Å²) in [5, 5.41) is 0.681. The molecular weight excluding hydrogens is 358 g/mol. The largest absolute Gasteiger partial charge is 0.342 e. The lowest BCUT2D eigenvalue weighted by atomic mass is 10.3. The number of carbonyl (C=O) groups is 2. The van der Waals surface area contributed by atoms with E-state index in [1.54, 1.807) is 0 Å². The molecule has 2 rings (SSSR count). The van der Waals surface area contributed by atoms with E-state index in [2.05, 4.69) is 4.90 Å². The minimum Gasteiger partial charge on any atom is -0.342 e. The highest BCUT2D eigenvalue weighted by atomic mass is 35.5. The smallest absolute Gasteiger partial charge is 0.236 e. The summed E-state index contributed by atoms with van der Waals surface area (Å²) in [6.07, 6.45) is 0. The summed E-state index contributed by atoms with van der Waals surface area (Å²) in [5.41, 5.74) is 0. The van der Waals surface area contributed by atoms with Crippen molar-refractivity contribution in [2.75, 3.05) is 51.6 Å². The Balaban J connectivity index is 1.75. The first kappa shape index (κ1) is 20.1. The second-order valence-corrected chi connectivity index (χ2v) is 7.37. The third kappa shape index (κ3) is 5.90. The fraction of sp³-hybridized carbons (Fsp3) is 0.556. The van der Waals surface area contributed by atoms with Crippen molar-refractivity contribution in [1.29, 1.82) is 0 Å². The van der Waals surface area contributed by atoms with Gasteiger partial charge in [0.05, 0.1) is 17.3 Å². The number of nitrogens with zero attached hydrogens (tertiary/aromatic N) is 3. The number of amides is 2. The van der Waals surface area contributed by atoms with E-state index in [4.69, 9.17) is 11.6 Å². The summed E-state index contributed by atoms with van der Waals surface area (Å²) in [5.74, 6) is 0.681. The Kier molecular flexibility index (Phi) is 8.06. The number of rotatable bonds is 7. The number of thioether (sulfide) groups is 1. The number of piperazine rings is 1. The van der Waals surface area contributed by atoms with Crippen molar-refractivity contribution in [2.45, 2.75) is 18.7 Å². The van der Waals surface area contributed by atoms with Crippen LogP contribution in [0.1, 0.15) is 13.8 Å². The minimum absolute atomic E-state index is 0.125. The van der Waals surface area contributed by atoms with Gasteiger partial charge in [-0.3, -0.25) is 14.5 Å². The molecule has 0 saturated carbocycles. The van der Waals surface area contributed by atoms with Gasteiger partial charge in [-0.2, -0.15) is 0 Å². The van der Waals surface area contributed by atoms with Crippen molar-refractivity contribution >= 4 is 35.2 Å². The molecule has 5 nitrogen and oxygen atoms in total. The zero-order valence-corrected chi connectivity index (χ0v) is 16.5. The Bertz CT molecular complexity index is 587. The first-order valence-electron chi connectivity index (χ1n) is 8.70. The summed E-state index contributed by atoms with van der Waals surface area (Å²) >= 11 is 7.59. The second-order valence-electron chi connectivity index (χ2n) is 5.94. The number of likely N-dealkylation sites (N-methyl/N-ethyl adjacent to an activating group) is 1. The van der Waals surface area contributed by atoms with Crippen molar-refractivity contribution < 1.29 is 9.59 Å². The van der Waals surface area contributed by atoms with Crippen molar-refractivity contribution in [3.8, 4) is 0 Å². The van der Waals surface area contributed by atoms with Crippen LogP contribution in [0.15, 0.2) is 29.2 Å². The third-order valence-corrected chi connectivity index (χ3v) is 5.89. The van der Waals surface area contributed by atoms with Crippen LogP contribution in [0, 0.1) is 0 Å². The molecule has 1 aromatic rings. The highest BCUT2D eigenvalue weighted by Crippen LogP contribution is 2.26. The third-order valence-electron chi connectivity index (χ3n) is 4.39. The lowest BCUT2D eigenvalue weighted by Gasteiger charge is -2.35. The van der Waals surface area contributed by atoms with Crippen LogP contribution in [0.2, 0.25) is 5.02 Å². The Morgan fingerprint density at radius 2 is 1.76 bits per heavy atom. The maximum Gasteiger partial charge on any atom is 0.236 e. The summed E-state index contributed by atoms with van der Waals surface area (Å²) in [6.45, 7) is 8.76. The number of hydrogen-bond donors (Lipinski definition) is 0. The Hall–Kier alpha value is -1.24. The van der Waals surface area contributed by atoms with Crippen LogP contribution in [-0.2, 0) is 9.59 Å². The lowest BCUT2D eigenvalue weighted by Crippen LogP contribution is -2.52. The molecule has 1 aromatic carbocycles. The maximum atomic E-state index is 12.4. The molecule has 138 valence electrons. The molecule has 1 aliphatic heterocycles. The Morgan fingerprint density at radius 3 is 2.36 bits per heavy atom. The van der Waals surface area contributed by atoms with Gasteiger partial charge in [0.1, 0.15) is 0 Å². The van der Waals surface area contributed by atoms with Gasteiger partial charge in [-0.1, -0.05) is 23.7 Å². The molecule has 7 heteroatoms. The molecule has 0 unspecified atom stereocenters. The summed E-state index contributed by atoms with van der Waals surface area (Å²) in [6, 6.07) is 7.56. The van der Waals surface area contributed by atoms with E-state index in [1.807, 2.05) is 47.9 Å². The maximum absolute atomic E-state index is 12.4. The van der Waals surface area contributed by atoms with Crippen molar-refractivity contribution in [3.63, 3.8) is 0 Å². The first-order chi connectivity index (χ1) is 12.0. The second kappa shape index (κ2) is 10.0. The normalized spacial score (nSPS) is 15.2. The quantitative estimate of drug-likeness (QED) is 0.678. The molecule has 0 radical (unpaired) electrons. The molecule has 1 fully saturated rings. The van der Waals surface area contributed by atoms with Crippen LogP contribution in [0.3, 0.4) is 0 Å². The lowest BCUT2D eigenvalue weighted by molar-refractivity contribution is -0.133. The molecule has 0 aromatic heterocycles. The molecular formula is C18H26ClN3O2S. The van der Waals surface area contributed by atoms with Crippen LogP contribution < -0.4 is 0 Å². The van der Waals surface area contributed by atoms with Gasteiger partial charge in [0.25, 0.3) is 0 Å². The van der Waals surface area contributed by atoms with Crippen LogP contribution in [0.25, 0.3) is 0 Å². The van der Waals surface area contributed by atoms with Crippen LogP contribution in [0.4, 0.5) is 0 Å². The van der Waals surface area contributed by atoms with Gasteiger partial charge >= 0.3 is 0 Å². The predicted molar refractivity (Wildman–Crippen MR) is 103 cm³/mol. The van der Waals surface area contributed by atoms with Gasteiger partial charge in [0.2, 0.25) is 11.8 Å². The molecule has 0 atom stereocenters. The molecule has 25 heavy (non-hydrogen) atoms. The van der Waals surface area contributed by atoms with Gasteiger partial charge in [0, 0.05) is 44.2 Å². The van der Waals surface area contributed by atoms with Crippen LogP contribution >= 0.6 is 23.4 Å². The number of carbonyl (C=O) groups excluding carboxylic acids is 2.